The zero-order valence-electron chi connectivity index (χ0n) is 11.7. The highest BCUT2D eigenvalue weighted by Gasteiger charge is 2.09. The summed E-state index contributed by atoms with van der Waals surface area (Å²) >= 11 is 0. The molecule has 1 heterocycles. The molecule has 0 saturated carbocycles. The molecule has 3 aromatic rings. The molecule has 0 saturated heterocycles. The van der Waals surface area contributed by atoms with Gasteiger partial charge in [0.25, 0.3) is 0 Å². The van der Waals surface area contributed by atoms with Crippen LogP contribution >= 0.6 is 0 Å². The van der Waals surface area contributed by atoms with Gasteiger partial charge < -0.3 is 19.6 Å². The van der Waals surface area contributed by atoms with Crippen LogP contribution in [0.4, 0.5) is 5.69 Å². The maximum absolute atomic E-state index is 8.79. The van der Waals surface area contributed by atoms with E-state index in [0.717, 1.165) is 22.5 Å². The van der Waals surface area contributed by atoms with E-state index >= 15 is 0 Å². The van der Waals surface area contributed by atoms with E-state index < -0.39 is 0 Å². The first kappa shape index (κ1) is 13.5. The van der Waals surface area contributed by atoms with Gasteiger partial charge in [0.15, 0.2) is 5.58 Å². The molecule has 1 aromatic heterocycles. The van der Waals surface area contributed by atoms with Gasteiger partial charge in [0.05, 0.1) is 13.7 Å². The molecule has 21 heavy (non-hydrogen) atoms. The van der Waals surface area contributed by atoms with E-state index in [4.69, 9.17) is 14.3 Å². The van der Waals surface area contributed by atoms with Crippen molar-refractivity contribution >= 4 is 16.8 Å². The van der Waals surface area contributed by atoms with Gasteiger partial charge in [-0.3, -0.25) is 0 Å². The van der Waals surface area contributed by atoms with Gasteiger partial charge in [-0.15, -0.1) is 0 Å². The number of rotatable bonds is 5. The quantitative estimate of drug-likeness (QED) is 0.754. The van der Waals surface area contributed by atoms with Crippen LogP contribution in [-0.2, 0) is 0 Å². The van der Waals surface area contributed by atoms with Gasteiger partial charge in [0, 0.05) is 23.9 Å². The number of oxazole rings is 1. The van der Waals surface area contributed by atoms with E-state index in [9.17, 15) is 0 Å². The predicted molar refractivity (Wildman–Crippen MR) is 81.6 cm³/mol. The number of aliphatic hydroxyl groups excluding tert-OH is 1. The number of methoxy groups -OCH3 is 1. The molecule has 0 atom stereocenters. The van der Waals surface area contributed by atoms with Crippen LogP contribution in [0.25, 0.3) is 22.6 Å². The van der Waals surface area contributed by atoms with E-state index in [1.165, 1.54) is 0 Å². The van der Waals surface area contributed by atoms with Crippen LogP contribution in [0.2, 0.25) is 0 Å². The molecule has 0 aliphatic heterocycles. The van der Waals surface area contributed by atoms with Gasteiger partial charge in [0.2, 0.25) is 5.89 Å². The van der Waals surface area contributed by atoms with Crippen molar-refractivity contribution < 1.29 is 14.3 Å². The molecule has 0 fully saturated rings. The Bertz CT molecular complexity index is 735. The number of ether oxygens (including phenoxy) is 1. The van der Waals surface area contributed by atoms with Gasteiger partial charge in [-0.2, -0.15) is 0 Å². The Morgan fingerprint density at radius 1 is 1.19 bits per heavy atom. The Labute approximate surface area is 122 Å². The van der Waals surface area contributed by atoms with E-state index in [0.29, 0.717) is 18.0 Å². The summed E-state index contributed by atoms with van der Waals surface area (Å²) in [4.78, 5) is 4.47. The lowest BCUT2D eigenvalue weighted by Gasteiger charge is -2.04. The molecule has 108 valence electrons. The van der Waals surface area contributed by atoms with E-state index in [1.807, 2.05) is 42.5 Å². The normalized spacial score (nSPS) is 10.8. The van der Waals surface area contributed by atoms with Crippen LogP contribution in [0.1, 0.15) is 0 Å². The van der Waals surface area contributed by atoms with Crippen molar-refractivity contribution in [2.24, 2.45) is 0 Å². The molecule has 5 heteroatoms. The molecule has 0 aliphatic rings. The monoisotopic (exact) mass is 284 g/mol. The topological polar surface area (TPSA) is 67.5 Å². The smallest absolute Gasteiger partial charge is 0.227 e. The van der Waals surface area contributed by atoms with Crippen molar-refractivity contribution in [1.82, 2.24) is 4.98 Å². The molecule has 5 nitrogen and oxygen atoms in total. The summed E-state index contributed by atoms with van der Waals surface area (Å²) in [5.74, 6) is 1.32. The fourth-order valence-corrected chi connectivity index (χ4v) is 2.09. The van der Waals surface area contributed by atoms with E-state index in [-0.39, 0.29) is 6.61 Å². The fraction of sp³-hybridized carbons (Fsp3) is 0.188. The lowest BCUT2D eigenvalue weighted by atomic mass is 10.2. The third kappa shape index (κ3) is 2.83. The second-order valence-corrected chi connectivity index (χ2v) is 4.58. The lowest BCUT2D eigenvalue weighted by molar-refractivity contribution is 0.311. The summed E-state index contributed by atoms with van der Waals surface area (Å²) in [6.45, 7) is 0.636. The van der Waals surface area contributed by atoms with E-state index in [2.05, 4.69) is 10.3 Å². The number of fused-ring (bicyclic) bond motifs is 1. The molecule has 3 rings (SSSR count). The Kier molecular flexibility index (Phi) is 3.75. The van der Waals surface area contributed by atoms with Crippen LogP contribution in [0.15, 0.2) is 46.9 Å². The highest BCUT2D eigenvalue weighted by Crippen LogP contribution is 2.27. The SMILES string of the molecule is COc1ccc2nc(-c3ccc(NCCO)cc3)oc2c1. The molecule has 0 amide bonds. The first-order valence-corrected chi connectivity index (χ1v) is 6.70. The number of aromatic nitrogens is 1. The van der Waals surface area contributed by atoms with Crippen molar-refractivity contribution in [3.05, 3.63) is 42.5 Å². The number of nitrogens with zero attached hydrogens (tertiary/aromatic N) is 1. The standard InChI is InChI=1S/C16H16N2O3/c1-20-13-6-7-14-15(10-13)21-16(18-14)11-2-4-12(5-3-11)17-8-9-19/h2-7,10,17,19H,8-9H2,1H3. The Balaban J connectivity index is 1.89. The predicted octanol–water partition coefficient (Wildman–Crippen LogP) is 2.91. The maximum Gasteiger partial charge on any atom is 0.227 e. The Morgan fingerprint density at radius 2 is 2.00 bits per heavy atom. The van der Waals surface area contributed by atoms with Crippen molar-refractivity contribution in [2.75, 3.05) is 25.6 Å². The van der Waals surface area contributed by atoms with Crippen molar-refractivity contribution in [3.63, 3.8) is 0 Å². The number of anilines is 1. The highest BCUT2D eigenvalue weighted by molar-refractivity contribution is 5.77. The minimum absolute atomic E-state index is 0.106. The largest absolute Gasteiger partial charge is 0.497 e. The fourth-order valence-electron chi connectivity index (χ4n) is 2.09. The highest BCUT2D eigenvalue weighted by atomic mass is 16.5. The van der Waals surface area contributed by atoms with Gasteiger partial charge in [-0.25, -0.2) is 4.98 Å². The maximum atomic E-state index is 8.79. The summed E-state index contributed by atoms with van der Waals surface area (Å²) in [6, 6.07) is 13.3. The molecule has 0 spiro atoms. The summed E-state index contributed by atoms with van der Waals surface area (Å²) in [5.41, 5.74) is 3.35. The zero-order chi connectivity index (χ0) is 14.7. The molecule has 0 aliphatic carbocycles. The number of hydrogen-bond donors (Lipinski definition) is 2. The average Bonchev–Trinajstić information content (AvgIpc) is 2.96. The summed E-state index contributed by atoms with van der Waals surface area (Å²) in [7, 11) is 1.62. The third-order valence-corrected chi connectivity index (χ3v) is 3.17. The van der Waals surface area contributed by atoms with Gasteiger partial charge >= 0.3 is 0 Å². The summed E-state index contributed by atoms with van der Waals surface area (Å²) in [5, 5.41) is 11.9. The van der Waals surface area contributed by atoms with Crippen molar-refractivity contribution in [2.45, 2.75) is 0 Å². The molecule has 2 aromatic carbocycles. The number of nitrogens with one attached hydrogen (secondary N) is 1. The van der Waals surface area contributed by atoms with Crippen LogP contribution in [0.3, 0.4) is 0 Å². The number of aliphatic hydroxyl groups is 1. The first-order chi connectivity index (χ1) is 10.3. The Hall–Kier alpha value is -2.53. The second-order valence-electron chi connectivity index (χ2n) is 4.58. The Morgan fingerprint density at radius 3 is 2.71 bits per heavy atom. The molecule has 0 radical (unpaired) electrons. The molecular weight excluding hydrogens is 268 g/mol. The number of hydrogen-bond acceptors (Lipinski definition) is 5. The molecule has 0 unspecified atom stereocenters. The first-order valence-electron chi connectivity index (χ1n) is 6.70. The summed E-state index contributed by atoms with van der Waals surface area (Å²) < 4.78 is 10.9. The summed E-state index contributed by atoms with van der Waals surface area (Å²) in [6.07, 6.45) is 0. The molecular formula is C16H16N2O3. The number of benzene rings is 2. The minimum Gasteiger partial charge on any atom is -0.497 e. The van der Waals surface area contributed by atoms with Gasteiger partial charge in [-0.05, 0) is 36.4 Å². The minimum atomic E-state index is 0.106. The van der Waals surface area contributed by atoms with Crippen LogP contribution in [-0.4, -0.2) is 30.4 Å². The zero-order valence-corrected chi connectivity index (χ0v) is 11.7. The van der Waals surface area contributed by atoms with Gasteiger partial charge in [0.1, 0.15) is 11.3 Å². The lowest BCUT2D eigenvalue weighted by Crippen LogP contribution is -2.04. The van der Waals surface area contributed by atoms with Crippen LogP contribution < -0.4 is 10.1 Å². The van der Waals surface area contributed by atoms with Crippen LogP contribution in [0.5, 0.6) is 5.75 Å². The van der Waals surface area contributed by atoms with E-state index in [1.54, 1.807) is 7.11 Å². The van der Waals surface area contributed by atoms with Gasteiger partial charge in [-0.1, -0.05) is 0 Å². The van der Waals surface area contributed by atoms with Crippen molar-refractivity contribution in [3.8, 4) is 17.2 Å². The molecule has 2 N–H and O–H groups in total. The van der Waals surface area contributed by atoms with Crippen molar-refractivity contribution in [1.29, 1.82) is 0 Å². The molecule has 0 bridgehead atoms. The third-order valence-electron chi connectivity index (χ3n) is 3.17. The van der Waals surface area contributed by atoms with Crippen LogP contribution in [0, 0.1) is 0 Å². The average molecular weight is 284 g/mol. The second kappa shape index (κ2) is 5.85.